The summed E-state index contributed by atoms with van der Waals surface area (Å²) >= 11 is 0. The molecule has 4 rings (SSSR count). The highest BCUT2D eigenvalue weighted by molar-refractivity contribution is 5.32. The van der Waals surface area contributed by atoms with Crippen molar-refractivity contribution in [3.63, 3.8) is 0 Å². The summed E-state index contributed by atoms with van der Waals surface area (Å²) in [5, 5.41) is 10.3. The highest BCUT2D eigenvalue weighted by Gasteiger charge is 2.30. The molecule has 0 heterocycles. The largest absolute Gasteiger partial charge is 0.493 e. The fraction of sp³-hybridized carbons (Fsp3) is 0.588. The summed E-state index contributed by atoms with van der Waals surface area (Å²) in [6.07, 6.45) is 11.3. The third-order valence-corrected chi connectivity index (χ3v) is 8.91. The van der Waals surface area contributed by atoms with Gasteiger partial charge in [0.1, 0.15) is 11.6 Å². The third-order valence-electron chi connectivity index (χ3n) is 8.91. The standard InChI is InChI=1S/C34H45F3O3/c1-3-5-6-20-39-28-17-19-29(31(35)21-28)23-12-15-27(16-13-23)40-22-26-14-18-30(34(37)33(26)36)24-8-10-25(11-9-24)32(38)7-4-2/h3,14,17-19,21,23-25,27,32,38H,1,4-13,15-16,20,22H2,2H3. The van der Waals surface area contributed by atoms with Crippen molar-refractivity contribution in [3.05, 3.63) is 77.1 Å². The molecule has 2 aromatic rings. The Labute approximate surface area is 237 Å². The van der Waals surface area contributed by atoms with Crippen LogP contribution in [0.2, 0.25) is 0 Å². The molecule has 3 nitrogen and oxygen atoms in total. The van der Waals surface area contributed by atoms with E-state index in [-0.39, 0.29) is 47.9 Å². The summed E-state index contributed by atoms with van der Waals surface area (Å²) in [5.41, 5.74) is 1.39. The molecule has 2 saturated carbocycles. The molecular formula is C34H45F3O3. The first kappa shape index (κ1) is 30.6. The van der Waals surface area contributed by atoms with Gasteiger partial charge in [0.05, 0.1) is 25.4 Å². The van der Waals surface area contributed by atoms with Gasteiger partial charge < -0.3 is 14.6 Å². The summed E-state index contributed by atoms with van der Waals surface area (Å²) in [4.78, 5) is 0. The second kappa shape index (κ2) is 15.1. The van der Waals surface area contributed by atoms with Gasteiger partial charge in [-0.25, -0.2) is 13.2 Å². The van der Waals surface area contributed by atoms with Gasteiger partial charge in [-0.2, -0.15) is 0 Å². The zero-order valence-corrected chi connectivity index (χ0v) is 23.9. The van der Waals surface area contributed by atoms with Gasteiger partial charge in [-0.3, -0.25) is 0 Å². The molecule has 0 aliphatic heterocycles. The van der Waals surface area contributed by atoms with Gasteiger partial charge in [-0.15, -0.1) is 6.58 Å². The van der Waals surface area contributed by atoms with E-state index in [4.69, 9.17) is 9.47 Å². The molecular weight excluding hydrogens is 513 g/mol. The molecule has 1 unspecified atom stereocenters. The van der Waals surface area contributed by atoms with Crippen LogP contribution in [0.4, 0.5) is 13.2 Å². The van der Waals surface area contributed by atoms with Crippen LogP contribution in [0.3, 0.4) is 0 Å². The lowest BCUT2D eigenvalue weighted by atomic mass is 9.76. The quantitative estimate of drug-likeness (QED) is 0.197. The molecule has 2 aromatic carbocycles. The minimum atomic E-state index is -0.812. The predicted octanol–water partition coefficient (Wildman–Crippen LogP) is 9.13. The first-order chi connectivity index (χ1) is 19.4. The number of aliphatic hydroxyl groups excluding tert-OH is 1. The van der Waals surface area contributed by atoms with Crippen LogP contribution in [-0.4, -0.2) is 23.9 Å². The lowest BCUT2D eigenvalue weighted by Crippen LogP contribution is -2.25. The number of rotatable bonds is 13. The van der Waals surface area contributed by atoms with Crippen molar-refractivity contribution in [2.24, 2.45) is 5.92 Å². The Hall–Kier alpha value is -2.31. The van der Waals surface area contributed by atoms with Crippen LogP contribution in [0.25, 0.3) is 0 Å². The summed E-state index contributed by atoms with van der Waals surface area (Å²) in [6, 6.07) is 8.50. The normalized spacial score (nSPS) is 24.0. The van der Waals surface area contributed by atoms with Gasteiger partial charge >= 0.3 is 0 Å². The molecule has 1 N–H and O–H groups in total. The molecule has 0 radical (unpaired) electrons. The first-order valence-corrected chi connectivity index (χ1v) is 15.2. The van der Waals surface area contributed by atoms with Crippen LogP contribution >= 0.6 is 0 Å². The lowest BCUT2D eigenvalue weighted by molar-refractivity contribution is 0.0116. The zero-order chi connectivity index (χ0) is 28.5. The fourth-order valence-electron chi connectivity index (χ4n) is 6.47. The summed E-state index contributed by atoms with van der Waals surface area (Å²) in [7, 11) is 0. The smallest absolute Gasteiger partial charge is 0.164 e. The second-order valence-electron chi connectivity index (χ2n) is 11.7. The number of allylic oxidation sites excluding steroid dienone is 1. The Kier molecular flexibility index (Phi) is 11.5. The topological polar surface area (TPSA) is 38.7 Å². The van der Waals surface area contributed by atoms with Crippen LogP contribution in [0.1, 0.15) is 112 Å². The van der Waals surface area contributed by atoms with Crippen molar-refractivity contribution >= 4 is 0 Å². The third kappa shape index (κ3) is 7.91. The van der Waals surface area contributed by atoms with Crippen LogP contribution in [-0.2, 0) is 11.3 Å². The van der Waals surface area contributed by atoms with E-state index in [9.17, 15) is 9.50 Å². The van der Waals surface area contributed by atoms with Gasteiger partial charge in [0.2, 0.25) is 0 Å². The van der Waals surface area contributed by atoms with Crippen LogP contribution in [0, 0.1) is 23.4 Å². The van der Waals surface area contributed by atoms with Gasteiger partial charge in [0, 0.05) is 11.6 Å². The lowest BCUT2D eigenvalue weighted by Gasteiger charge is -2.32. The van der Waals surface area contributed by atoms with Crippen LogP contribution in [0.15, 0.2) is 43.0 Å². The minimum Gasteiger partial charge on any atom is -0.493 e. The van der Waals surface area contributed by atoms with Crippen molar-refractivity contribution in [2.45, 2.75) is 115 Å². The van der Waals surface area contributed by atoms with Crippen LogP contribution in [0.5, 0.6) is 5.75 Å². The van der Waals surface area contributed by atoms with E-state index in [1.807, 2.05) is 18.2 Å². The van der Waals surface area contributed by atoms with Crippen LogP contribution < -0.4 is 4.74 Å². The number of aliphatic hydroxyl groups is 1. The second-order valence-corrected chi connectivity index (χ2v) is 11.7. The molecule has 2 fully saturated rings. The van der Waals surface area contributed by atoms with E-state index >= 15 is 8.78 Å². The SMILES string of the molecule is C=CCCCOc1ccc(C2CCC(OCc3ccc(C4CCC(C(O)CCC)CC4)c(F)c3F)CC2)c(F)c1. The van der Waals surface area contributed by atoms with Gasteiger partial charge in [-0.1, -0.05) is 37.6 Å². The molecule has 220 valence electrons. The van der Waals surface area contributed by atoms with E-state index in [0.717, 1.165) is 77.0 Å². The summed E-state index contributed by atoms with van der Waals surface area (Å²) in [5.74, 6) is -0.910. The molecule has 0 saturated heterocycles. The maximum absolute atomic E-state index is 15.1. The molecule has 0 amide bonds. The number of benzene rings is 2. The van der Waals surface area contributed by atoms with E-state index in [1.54, 1.807) is 12.1 Å². The van der Waals surface area contributed by atoms with Gasteiger partial charge in [-0.05, 0) is 106 Å². The maximum atomic E-state index is 15.1. The Morgan fingerprint density at radius 3 is 2.27 bits per heavy atom. The van der Waals surface area contributed by atoms with E-state index < -0.39 is 11.6 Å². The van der Waals surface area contributed by atoms with Crippen molar-refractivity contribution in [1.29, 1.82) is 0 Å². The number of unbranched alkanes of at least 4 members (excludes halogenated alkanes) is 1. The summed E-state index contributed by atoms with van der Waals surface area (Å²) in [6.45, 7) is 6.31. The molecule has 0 spiro atoms. The highest BCUT2D eigenvalue weighted by Crippen LogP contribution is 2.40. The van der Waals surface area contributed by atoms with E-state index in [2.05, 4.69) is 13.5 Å². The molecule has 2 aliphatic rings. The zero-order valence-electron chi connectivity index (χ0n) is 23.9. The fourth-order valence-corrected chi connectivity index (χ4v) is 6.47. The Bertz CT molecular complexity index is 1090. The van der Waals surface area contributed by atoms with E-state index in [0.29, 0.717) is 23.5 Å². The van der Waals surface area contributed by atoms with Crippen molar-refractivity contribution in [2.75, 3.05) is 6.61 Å². The minimum absolute atomic E-state index is 0.0110. The van der Waals surface area contributed by atoms with Crippen molar-refractivity contribution in [1.82, 2.24) is 0 Å². The molecule has 1 atom stereocenters. The van der Waals surface area contributed by atoms with Crippen molar-refractivity contribution < 1.29 is 27.8 Å². The first-order valence-electron chi connectivity index (χ1n) is 15.2. The molecule has 0 bridgehead atoms. The monoisotopic (exact) mass is 558 g/mol. The summed E-state index contributed by atoms with van der Waals surface area (Å²) < 4.78 is 56.5. The molecule has 2 aliphatic carbocycles. The van der Waals surface area contributed by atoms with E-state index in [1.165, 1.54) is 6.07 Å². The Balaban J connectivity index is 1.25. The van der Waals surface area contributed by atoms with Crippen molar-refractivity contribution in [3.8, 4) is 5.75 Å². The number of halogens is 3. The average molecular weight is 559 g/mol. The maximum Gasteiger partial charge on any atom is 0.164 e. The highest BCUT2D eigenvalue weighted by atomic mass is 19.2. The Morgan fingerprint density at radius 1 is 0.925 bits per heavy atom. The Morgan fingerprint density at radius 2 is 1.60 bits per heavy atom. The number of hydrogen-bond acceptors (Lipinski definition) is 3. The van der Waals surface area contributed by atoms with Gasteiger partial charge in [0.15, 0.2) is 11.6 Å². The number of ether oxygens (including phenoxy) is 2. The molecule has 40 heavy (non-hydrogen) atoms. The number of hydrogen-bond donors (Lipinski definition) is 1. The average Bonchev–Trinajstić information content (AvgIpc) is 2.97. The predicted molar refractivity (Wildman–Crippen MR) is 153 cm³/mol. The molecule has 0 aromatic heterocycles. The van der Waals surface area contributed by atoms with Gasteiger partial charge in [0.25, 0.3) is 0 Å². The molecule has 6 heteroatoms.